The van der Waals surface area contributed by atoms with E-state index in [1.165, 1.54) is 6.92 Å². The molecule has 17 heavy (non-hydrogen) atoms. The number of carboxylic acids is 1. The van der Waals surface area contributed by atoms with Crippen molar-refractivity contribution >= 4 is 11.8 Å². The topological polar surface area (TPSA) is 54.4 Å². The first-order valence-corrected chi connectivity index (χ1v) is 5.12. The van der Waals surface area contributed by atoms with Crippen molar-refractivity contribution in [3.63, 3.8) is 0 Å². The predicted octanol–water partition coefficient (Wildman–Crippen LogP) is 2.71. The number of carboxylic acid groups (broad SMARTS) is 1. The predicted molar refractivity (Wildman–Crippen MR) is 56.9 cm³/mol. The molecule has 1 rings (SSSR count). The molecule has 5 heteroatoms. The summed E-state index contributed by atoms with van der Waals surface area (Å²) in [7, 11) is 0. The van der Waals surface area contributed by atoms with Gasteiger partial charge in [0.25, 0.3) is 0 Å². The fourth-order valence-electron chi connectivity index (χ4n) is 1.39. The van der Waals surface area contributed by atoms with E-state index in [4.69, 9.17) is 5.11 Å². The third kappa shape index (κ3) is 3.62. The van der Waals surface area contributed by atoms with Gasteiger partial charge in [0, 0.05) is 12.8 Å². The zero-order valence-electron chi connectivity index (χ0n) is 9.30. The van der Waals surface area contributed by atoms with Crippen LogP contribution in [0.1, 0.15) is 35.2 Å². The molecule has 0 atom stereocenters. The summed E-state index contributed by atoms with van der Waals surface area (Å²) in [5.74, 6) is -3.02. The lowest BCUT2D eigenvalue weighted by Crippen LogP contribution is -2.05. The van der Waals surface area contributed by atoms with Crippen molar-refractivity contribution in [3.05, 3.63) is 34.9 Å². The summed E-state index contributed by atoms with van der Waals surface area (Å²) in [6, 6.07) is 1.81. The fourth-order valence-corrected chi connectivity index (χ4v) is 1.39. The van der Waals surface area contributed by atoms with Crippen LogP contribution in [0, 0.1) is 18.6 Å². The van der Waals surface area contributed by atoms with Gasteiger partial charge in [-0.15, -0.1) is 0 Å². The molecule has 1 aromatic carbocycles. The van der Waals surface area contributed by atoms with Gasteiger partial charge in [-0.3, -0.25) is 9.59 Å². The molecule has 0 saturated heterocycles. The molecule has 0 fully saturated rings. The molecule has 0 aliphatic rings. The van der Waals surface area contributed by atoms with Crippen LogP contribution in [0.3, 0.4) is 0 Å². The molecule has 0 saturated carbocycles. The van der Waals surface area contributed by atoms with Gasteiger partial charge in [0.05, 0.1) is 5.56 Å². The molecule has 0 aromatic heterocycles. The van der Waals surface area contributed by atoms with Crippen LogP contribution in [-0.2, 0) is 4.79 Å². The molecule has 1 aromatic rings. The van der Waals surface area contributed by atoms with Crippen LogP contribution in [0.4, 0.5) is 8.78 Å². The maximum Gasteiger partial charge on any atom is 0.303 e. The lowest BCUT2D eigenvalue weighted by Gasteiger charge is -2.04. The van der Waals surface area contributed by atoms with Crippen molar-refractivity contribution < 1.29 is 23.5 Å². The Bertz CT molecular complexity index is 455. The molecule has 92 valence electrons. The van der Waals surface area contributed by atoms with E-state index in [0.29, 0.717) is 0 Å². The summed E-state index contributed by atoms with van der Waals surface area (Å²) in [6.45, 7) is 1.40. The van der Waals surface area contributed by atoms with Gasteiger partial charge in [0.1, 0.15) is 11.6 Å². The molecule has 0 heterocycles. The summed E-state index contributed by atoms with van der Waals surface area (Å²) >= 11 is 0. The average Bonchev–Trinajstić information content (AvgIpc) is 2.22. The van der Waals surface area contributed by atoms with Crippen LogP contribution >= 0.6 is 0 Å². The number of benzene rings is 1. The Balaban J connectivity index is 2.75. The monoisotopic (exact) mass is 242 g/mol. The van der Waals surface area contributed by atoms with Crippen molar-refractivity contribution in [2.45, 2.75) is 26.2 Å². The minimum absolute atomic E-state index is 0.105. The number of carbonyl (C=O) groups excluding carboxylic acids is 1. The Morgan fingerprint density at radius 2 is 1.82 bits per heavy atom. The van der Waals surface area contributed by atoms with E-state index in [9.17, 15) is 18.4 Å². The van der Waals surface area contributed by atoms with E-state index in [1.54, 1.807) is 0 Å². The van der Waals surface area contributed by atoms with Crippen LogP contribution in [-0.4, -0.2) is 16.9 Å². The molecule has 0 unspecified atom stereocenters. The van der Waals surface area contributed by atoms with Crippen molar-refractivity contribution in [2.75, 3.05) is 0 Å². The summed E-state index contributed by atoms with van der Waals surface area (Å²) in [5.41, 5.74) is -0.192. The zero-order chi connectivity index (χ0) is 13.0. The normalized spacial score (nSPS) is 10.3. The van der Waals surface area contributed by atoms with E-state index < -0.39 is 23.4 Å². The number of aliphatic carboxylic acids is 1. The highest BCUT2D eigenvalue weighted by molar-refractivity contribution is 5.96. The largest absolute Gasteiger partial charge is 0.481 e. The van der Waals surface area contributed by atoms with Gasteiger partial charge in [0.15, 0.2) is 5.78 Å². The van der Waals surface area contributed by atoms with Crippen molar-refractivity contribution in [1.82, 2.24) is 0 Å². The smallest absolute Gasteiger partial charge is 0.303 e. The highest BCUT2D eigenvalue weighted by Gasteiger charge is 2.14. The zero-order valence-corrected chi connectivity index (χ0v) is 9.30. The number of halogens is 2. The Hall–Kier alpha value is -1.78. The Labute approximate surface area is 97.1 Å². The SMILES string of the molecule is Cc1cc(F)c(C(=O)CCCC(=O)O)cc1F. The first kappa shape index (κ1) is 13.3. The summed E-state index contributed by atoms with van der Waals surface area (Å²) in [6.07, 6.45) is -0.156. The lowest BCUT2D eigenvalue weighted by atomic mass is 10.0. The number of hydrogen-bond donors (Lipinski definition) is 1. The highest BCUT2D eigenvalue weighted by Crippen LogP contribution is 2.16. The van der Waals surface area contributed by atoms with E-state index in [1.807, 2.05) is 0 Å². The first-order valence-electron chi connectivity index (χ1n) is 5.12. The standard InChI is InChI=1S/C12H12F2O3/c1-7-5-10(14)8(6-9(7)13)11(15)3-2-4-12(16)17/h5-6H,2-4H2,1H3,(H,16,17). The summed E-state index contributed by atoms with van der Waals surface area (Å²) < 4.78 is 26.5. The summed E-state index contributed by atoms with van der Waals surface area (Å²) in [4.78, 5) is 21.7. The van der Waals surface area contributed by atoms with E-state index in [0.717, 1.165) is 12.1 Å². The highest BCUT2D eigenvalue weighted by atomic mass is 19.1. The van der Waals surface area contributed by atoms with Gasteiger partial charge < -0.3 is 5.11 Å². The minimum atomic E-state index is -1.02. The molecule has 0 aliphatic heterocycles. The third-order valence-corrected chi connectivity index (χ3v) is 2.34. The van der Waals surface area contributed by atoms with Crippen LogP contribution in [0.25, 0.3) is 0 Å². The molecular weight excluding hydrogens is 230 g/mol. The van der Waals surface area contributed by atoms with E-state index in [-0.39, 0.29) is 30.4 Å². The molecule has 0 spiro atoms. The van der Waals surface area contributed by atoms with E-state index in [2.05, 4.69) is 0 Å². The second-order valence-corrected chi connectivity index (χ2v) is 3.75. The molecule has 0 bridgehead atoms. The second-order valence-electron chi connectivity index (χ2n) is 3.75. The first-order chi connectivity index (χ1) is 7.91. The number of Topliss-reactive ketones (excluding diaryl/α,β-unsaturated/α-hetero) is 1. The number of aryl methyl sites for hydroxylation is 1. The molecule has 3 nitrogen and oxygen atoms in total. The number of carbonyl (C=O) groups is 2. The minimum Gasteiger partial charge on any atom is -0.481 e. The Kier molecular flexibility index (Phi) is 4.31. The summed E-state index contributed by atoms with van der Waals surface area (Å²) in [5, 5.41) is 8.39. The van der Waals surface area contributed by atoms with Crippen LogP contribution in [0.5, 0.6) is 0 Å². The maximum absolute atomic E-state index is 13.4. The molecule has 0 aliphatic carbocycles. The van der Waals surface area contributed by atoms with Crippen molar-refractivity contribution in [3.8, 4) is 0 Å². The Morgan fingerprint density at radius 1 is 1.18 bits per heavy atom. The van der Waals surface area contributed by atoms with Gasteiger partial charge in [-0.25, -0.2) is 8.78 Å². The van der Waals surface area contributed by atoms with Gasteiger partial charge in [-0.05, 0) is 31.0 Å². The lowest BCUT2D eigenvalue weighted by molar-refractivity contribution is -0.137. The van der Waals surface area contributed by atoms with Crippen LogP contribution in [0.2, 0.25) is 0 Å². The van der Waals surface area contributed by atoms with Gasteiger partial charge in [0.2, 0.25) is 0 Å². The maximum atomic E-state index is 13.4. The van der Waals surface area contributed by atoms with Crippen LogP contribution in [0.15, 0.2) is 12.1 Å². The van der Waals surface area contributed by atoms with Gasteiger partial charge in [-0.1, -0.05) is 0 Å². The second kappa shape index (κ2) is 5.52. The van der Waals surface area contributed by atoms with Crippen molar-refractivity contribution in [1.29, 1.82) is 0 Å². The van der Waals surface area contributed by atoms with Gasteiger partial charge in [-0.2, -0.15) is 0 Å². The average molecular weight is 242 g/mol. The molecule has 1 N–H and O–H groups in total. The number of ketones is 1. The molecule has 0 amide bonds. The van der Waals surface area contributed by atoms with Crippen LogP contribution < -0.4 is 0 Å². The molecular formula is C12H12F2O3. The third-order valence-electron chi connectivity index (χ3n) is 2.34. The van der Waals surface area contributed by atoms with Gasteiger partial charge >= 0.3 is 5.97 Å². The quantitative estimate of drug-likeness (QED) is 0.807. The van der Waals surface area contributed by atoms with E-state index >= 15 is 0 Å². The number of hydrogen-bond acceptors (Lipinski definition) is 2. The fraction of sp³-hybridized carbons (Fsp3) is 0.333. The Morgan fingerprint density at radius 3 is 2.41 bits per heavy atom. The van der Waals surface area contributed by atoms with Crippen molar-refractivity contribution in [2.24, 2.45) is 0 Å². The molecule has 0 radical (unpaired) electrons. The number of rotatable bonds is 5.